The van der Waals surface area contributed by atoms with Crippen LogP contribution in [0.2, 0.25) is 0 Å². The van der Waals surface area contributed by atoms with Gasteiger partial charge < -0.3 is 11.1 Å². The van der Waals surface area contributed by atoms with E-state index in [0.717, 1.165) is 17.2 Å². The Balaban J connectivity index is 1.83. The van der Waals surface area contributed by atoms with Crippen LogP contribution in [0.25, 0.3) is 0 Å². The van der Waals surface area contributed by atoms with Gasteiger partial charge in [0, 0.05) is 18.2 Å². The second kappa shape index (κ2) is 4.53. The highest BCUT2D eigenvalue weighted by Gasteiger charge is 2.20. The Bertz CT molecular complexity index is 352. The van der Waals surface area contributed by atoms with Crippen molar-refractivity contribution in [3.8, 4) is 0 Å². The maximum absolute atomic E-state index is 11.0. The second-order valence-corrected chi connectivity index (χ2v) is 4.58. The molecule has 1 fully saturated rings. The van der Waals surface area contributed by atoms with E-state index in [1.165, 1.54) is 0 Å². The molecule has 0 aliphatic carbocycles. The highest BCUT2D eigenvalue weighted by Crippen LogP contribution is 2.20. The van der Waals surface area contributed by atoms with Gasteiger partial charge in [-0.2, -0.15) is 0 Å². The molecule has 1 saturated heterocycles. The Hall–Kier alpha value is -1.23. The van der Waals surface area contributed by atoms with Crippen LogP contribution in [0.15, 0.2) is 23.4 Å². The Morgan fingerprint density at radius 1 is 1.60 bits per heavy atom. The van der Waals surface area contributed by atoms with Gasteiger partial charge in [-0.15, -0.1) is 11.8 Å². The molecular formula is C10H13N3OS. The van der Waals surface area contributed by atoms with Crippen LogP contribution in [0.3, 0.4) is 0 Å². The van der Waals surface area contributed by atoms with E-state index in [4.69, 9.17) is 5.73 Å². The third kappa shape index (κ3) is 2.86. The molecule has 0 saturated carbocycles. The molecular weight excluding hydrogens is 210 g/mol. The third-order valence-corrected chi connectivity index (χ3v) is 3.38. The van der Waals surface area contributed by atoms with Crippen molar-refractivity contribution >= 4 is 23.4 Å². The number of amides is 1. The van der Waals surface area contributed by atoms with Crippen molar-refractivity contribution in [2.24, 2.45) is 0 Å². The van der Waals surface area contributed by atoms with Crippen molar-refractivity contribution in [3.63, 3.8) is 0 Å². The lowest BCUT2D eigenvalue weighted by Crippen LogP contribution is -2.27. The van der Waals surface area contributed by atoms with Crippen LogP contribution >= 0.6 is 11.8 Å². The maximum Gasteiger partial charge on any atom is 0.220 e. The van der Waals surface area contributed by atoms with E-state index in [1.54, 1.807) is 18.0 Å². The fourth-order valence-corrected chi connectivity index (χ4v) is 2.38. The number of nitrogens with one attached hydrogen (secondary N) is 1. The SMILES string of the molecule is Nc1ccc(SCC2CCC(=O)N2)nc1. The number of carbonyl (C=O) groups is 1. The average Bonchev–Trinajstić information content (AvgIpc) is 2.64. The quantitative estimate of drug-likeness (QED) is 0.751. The van der Waals surface area contributed by atoms with Gasteiger partial charge in [0.2, 0.25) is 5.91 Å². The molecule has 0 radical (unpaired) electrons. The molecule has 80 valence electrons. The Labute approximate surface area is 92.6 Å². The highest BCUT2D eigenvalue weighted by atomic mass is 32.2. The number of anilines is 1. The molecule has 5 heteroatoms. The van der Waals surface area contributed by atoms with Crippen molar-refractivity contribution in [1.29, 1.82) is 0 Å². The van der Waals surface area contributed by atoms with E-state index in [-0.39, 0.29) is 5.91 Å². The van der Waals surface area contributed by atoms with Crippen LogP contribution in [0.1, 0.15) is 12.8 Å². The largest absolute Gasteiger partial charge is 0.397 e. The van der Waals surface area contributed by atoms with E-state index in [0.29, 0.717) is 18.2 Å². The van der Waals surface area contributed by atoms with Crippen molar-refractivity contribution in [1.82, 2.24) is 10.3 Å². The van der Waals surface area contributed by atoms with Crippen molar-refractivity contribution in [2.75, 3.05) is 11.5 Å². The number of nitrogen functional groups attached to an aromatic ring is 1. The van der Waals surface area contributed by atoms with Crippen LogP contribution in [-0.2, 0) is 4.79 Å². The van der Waals surface area contributed by atoms with Gasteiger partial charge in [-0.05, 0) is 18.6 Å². The topological polar surface area (TPSA) is 68.0 Å². The Kier molecular flexibility index (Phi) is 3.11. The summed E-state index contributed by atoms with van der Waals surface area (Å²) in [5.41, 5.74) is 6.21. The monoisotopic (exact) mass is 223 g/mol. The minimum Gasteiger partial charge on any atom is -0.397 e. The van der Waals surface area contributed by atoms with Crippen molar-refractivity contribution < 1.29 is 4.79 Å². The molecule has 1 aliphatic rings. The number of nitrogens with two attached hydrogens (primary N) is 1. The van der Waals surface area contributed by atoms with Crippen molar-refractivity contribution in [2.45, 2.75) is 23.9 Å². The average molecular weight is 223 g/mol. The van der Waals surface area contributed by atoms with Gasteiger partial charge in [-0.25, -0.2) is 4.98 Å². The number of aromatic nitrogens is 1. The van der Waals surface area contributed by atoms with Gasteiger partial charge in [0.25, 0.3) is 0 Å². The first-order chi connectivity index (χ1) is 7.24. The molecule has 0 spiro atoms. The highest BCUT2D eigenvalue weighted by molar-refractivity contribution is 7.99. The van der Waals surface area contributed by atoms with Gasteiger partial charge in [0.15, 0.2) is 0 Å². The molecule has 0 bridgehead atoms. The first-order valence-corrected chi connectivity index (χ1v) is 5.86. The molecule has 0 aromatic carbocycles. The summed E-state index contributed by atoms with van der Waals surface area (Å²) in [7, 11) is 0. The molecule has 1 aliphatic heterocycles. The number of thioether (sulfide) groups is 1. The maximum atomic E-state index is 11.0. The minimum absolute atomic E-state index is 0.158. The molecule has 15 heavy (non-hydrogen) atoms. The normalized spacial score (nSPS) is 20.3. The fourth-order valence-electron chi connectivity index (χ4n) is 1.47. The number of hydrogen-bond donors (Lipinski definition) is 2. The molecule has 1 unspecified atom stereocenters. The lowest BCUT2D eigenvalue weighted by molar-refractivity contribution is -0.119. The predicted molar refractivity (Wildman–Crippen MR) is 60.5 cm³/mol. The van der Waals surface area contributed by atoms with Crippen LogP contribution in [0, 0.1) is 0 Å². The number of rotatable bonds is 3. The number of carbonyl (C=O) groups excluding carboxylic acids is 1. The summed E-state index contributed by atoms with van der Waals surface area (Å²) >= 11 is 1.65. The third-order valence-electron chi connectivity index (χ3n) is 2.28. The fraction of sp³-hybridized carbons (Fsp3) is 0.400. The zero-order valence-electron chi connectivity index (χ0n) is 8.27. The smallest absolute Gasteiger partial charge is 0.220 e. The van der Waals surface area contributed by atoms with E-state index in [1.807, 2.05) is 12.1 Å². The number of pyridine rings is 1. The predicted octanol–water partition coefficient (Wildman–Crippen LogP) is 1.03. The summed E-state index contributed by atoms with van der Waals surface area (Å²) < 4.78 is 0. The van der Waals surface area contributed by atoms with E-state index in [9.17, 15) is 4.79 Å². The summed E-state index contributed by atoms with van der Waals surface area (Å²) in [5.74, 6) is 1.04. The van der Waals surface area contributed by atoms with Crippen LogP contribution in [0.5, 0.6) is 0 Å². The summed E-state index contributed by atoms with van der Waals surface area (Å²) in [6.45, 7) is 0. The standard InChI is InChI=1S/C10H13N3OS/c11-7-1-4-10(12-5-7)15-6-8-2-3-9(14)13-8/h1,4-5,8H,2-3,6,11H2,(H,13,14). The summed E-state index contributed by atoms with van der Waals surface area (Å²) in [5, 5.41) is 3.87. The molecule has 2 heterocycles. The minimum atomic E-state index is 0.158. The molecule has 1 atom stereocenters. The van der Waals surface area contributed by atoms with E-state index < -0.39 is 0 Å². The molecule has 3 N–H and O–H groups in total. The first-order valence-electron chi connectivity index (χ1n) is 4.88. The van der Waals surface area contributed by atoms with E-state index >= 15 is 0 Å². The molecule has 1 aromatic rings. The van der Waals surface area contributed by atoms with Crippen molar-refractivity contribution in [3.05, 3.63) is 18.3 Å². The summed E-state index contributed by atoms with van der Waals surface area (Å²) in [6.07, 6.45) is 3.23. The molecule has 1 aromatic heterocycles. The summed E-state index contributed by atoms with van der Waals surface area (Å²) in [6, 6.07) is 4.03. The number of hydrogen-bond acceptors (Lipinski definition) is 4. The zero-order chi connectivity index (χ0) is 10.7. The Morgan fingerprint density at radius 2 is 2.47 bits per heavy atom. The number of nitrogens with zero attached hydrogens (tertiary/aromatic N) is 1. The Morgan fingerprint density at radius 3 is 3.07 bits per heavy atom. The lowest BCUT2D eigenvalue weighted by atomic mass is 10.2. The molecule has 1 amide bonds. The van der Waals surface area contributed by atoms with Crippen LogP contribution in [0.4, 0.5) is 5.69 Å². The van der Waals surface area contributed by atoms with Gasteiger partial charge in [-0.3, -0.25) is 4.79 Å². The van der Waals surface area contributed by atoms with Gasteiger partial charge in [0.1, 0.15) is 0 Å². The zero-order valence-corrected chi connectivity index (χ0v) is 9.09. The van der Waals surface area contributed by atoms with Crippen LogP contribution in [-0.4, -0.2) is 22.7 Å². The van der Waals surface area contributed by atoms with E-state index in [2.05, 4.69) is 10.3 Å². The summed E-state index contributed by atoms with van der Waals surface area (Å²) in [4.78, 5) is 15.1. The van der Waals surface area contributed by atoms with Crippen LogP contribution < -0.4 is 11.1 Å². The first kappa shape index (κ1) is 10.3. The second-order valence-electron chi connectivity index (χ2n) is 3.54. The molecule has 2 rings (SSSR count). The lowest BCUT2D eigenvalue weighted by Gasteiger charge is -2.08. The molecule has 4 nitrogen and oxygen atoms in total. The van der Waals surface area contributed by atoms with Gasteiger partial charge in [0.05, 0.1) is 16.9 Å². The van der Waals surface area contributed by atoms with Gasteiger partial charge >= 0.3 is 0 Å². The van der Waals surface area contributed by atoms with Gasteiger partial charge in [-0.1, -0.05) is 0 Å².